The average Bonchev–Trinajstić information content (AvgIpc) is 2.81. The highest BCUT2D eigenvalue weighted by Crippen LogP contribution is 2.32. The second-order valence-electron chi connectivity index (χ2n) is 9.17. The monoisotopic (exact) mass is 526 g/mol. The van der Waals surface area contributed by atoms with Crippen molar-refractivity contribution in [3.63, 3.8) is 0 Å². The number of carbonyl (C=O) groups excluding carboxylic acids is 3. The first-order valence-electron chi connectivity index (χ1n) is 11.7. The van der Waals surface area contributed by atoms with Crippen molar-refractivity contribution >= 4 is 29.5 Å². The third-order valence-corrected chi connectivity index (χ3v) is 4.93. The third-order valence-electron chi connectivity index (χ3n) is 4.93. The van der Waals surface area contributed by atoms with Gasteiger partial charge in [0.05, 0.1) is 6.42 Å². The van der Waals surface area contributed by atoms with Gasteiger partial charge in [0.2, 0.25) is 5.91 Å². The van der Waals surface area contributed by atoms with E-state index in [1.165, 1.54) is 48.7 Å². The summed E-state index contributed by atoms with van der Waals surface area (Å²) in [6.45, 7) is 7.02. The Morgan fingerprint density at radius 2 is 1.66 bits per heavy atom. The van der Waals surface area contributed by atoms with Crippen LogP contribution in [0.25, 0.3) is 0 Å². The van der Waals surface area contributed by atoms with Crippen LogP contribution >= 0.6 is 0 Å². The molecule has 3 aromatic rings. The molecule has 0 aliphatic rings. The molecular weight excluding hydrogens is 498 g/mol. The Labute approximate surface area is 218 Å². The van der Waals surface area contributed by atoms with Gasteiger partial charge in [-0.25, -0.2) is 23.4 Å². The average molecular weight is 527 g/mol. The fraction of sp³-hybridized carbons (Fsp3) is 0.259. The minimum absolute atomic E-state index is 0.0830. The molecule has 4 amide bonds. The second-order valence-corrected chi connectivity index (χ2v) is 9.17. The molecule has 200 valence electrons. The number of rotatable bonds is 7. The first-order chi connectivity index (χ1) is 17.9. The van der Waals surface area contributed by atoms with E-state index in [2.05, 4.69) is 20.9 Å². The van der Waals surface area contributed by atoms with Gasteiger partial charge in [0.1, 0.15) is 23.0 Å². The molecule has 11 heteroatoms. The number of pyridine rings is 1. The number of halogens is 2. The van der Waals surface area contributed by atoms with Crippen LogP contribution in [0.4, 0.5) is 29.9 Å². The van der Waals surface area contributed by atoms with Crippen LogP contribution in [0.5, 0.6) is 11.5 Å². The summed E-state index contributed by atoms with van der Waals surface area (Å²) in [6.07, 6.45) is 1.00. The fourth-order valence-electron chi connectivity index (χ4n) is 3.32. The highest BCUT2D eigenvalue weighted by atomic mass is 19.1. The molecule has 0 aliphatic heterocycles. The smallest absolute Gasteiger partial charge is 0.413 e. The Bertz CT molecular complexity index is 1320. The van der Waals surface area contributed by atoms with E-state index in [0.29, 0.717) is 17.5 Å². The van der Waals surface area contributed by atoms with Gasteiger partial charge in [0.15, 0.2) is 11.6 Å². The number of hydrogen-bond donors (Lipinski definition) is 3. The molecule has 0 saturated heterocycles. The van der Waals surface area contributed by atoms with Gasteiger partial charge in [-0.15, -0.1) is 0 Å². The predicted octanol–water partition coefficient (Wildman–Crippen LogP) is 5.95. The van der Waals surface area contributed by atoms with Gasteiger partial charge in [0.25, 0.3) is 0 Å². The Hall–Kier alpha value is -4.54. The lowest BCUT2D eigenvalue weighted by atomic mass is 10.1. The van der Waals surface area contributed by atoms with Crippen molar-refractivity contribution in [2.75, 3.05) is 10.6 Å². The number of imide groups is 1. The van der Waals surface area contributed by atoms with Crippen LogP contribution in [0.1, 0.15) is 38.8 Å². The number of nitrogens with one attached hydrogen (secondary N) is 3. The zero-order valence-corrected chi connectivity index (χ0v) is 21.4. The molecule has 0 saturated carbocycles. The highest BCUT2D eigenvalue weighted by molar-refractivity contribution is 6.01. The standard InChI is InChI=1S/C27H28F2N4O5/c1-5-19-21(12-13-30-24(19)33-26(36)38-27(2,3)4)37-22-11-10-18(15-20(22)29)31-25(35)32-23(34)14-16-6-8-17(28)9-7-16/h6-13,15H,5,14H2,1-4H3,(H,30,33,36)(H2,31,32,34,35). The molecule has 0 aliphatic carbocycles. The summed E-state index contributed by atoms with van der Waals surface area (Å²) in [4.78, 5) is 40.5. The van der Waals surface area contributed by atoms with Crippen LogP contribution in [0.3, 0.4) is 0 Å². The fourth-order valence-corrected chi connectivity index (χ4v) is 3.32. The summed E-state index contributed by atoms with van der Waals surface area (Å²) in [7, 11) is 0. The number of hydrogen-bond acceptors (Lipinski definition) is 6. The predicted molar refractivity (Wildman–Crippen MR) is 137 cm³/mol. The van der Waals surface area contributed by atoms with E-state index in [0.717, 1.165) is 6.07 Å². The van der Waals surface area contributed by atoms with Gasteiger partial charge < -0.3 is 14.8 Å². The topological polar surface area (TPSA) is 119 Å². The molecule has 0 spiro atoms. The first kappa shape index (κ1) is 28.0. The maximum atomic E-state index is 14.8. The van der Waals surface area contributed by atoms with Crippen LogP contribution in [0, 0.1) is 11.6 Å². The largest absolute Gasteiger partial charge is 0.454 e. The first-order valence-corrected chi connectivity index (χ1v) is 11.7. The molecule has 1 aromatic heterocycles. The number of amides is 4. The molecular formula is C27H28F2N4O5. The van der Waals surface area contributed by atoms with Gasteiger partial charge in [-0.2, -0.15) is 0 Å². The number of nitrogens with zero attached hydrogens (tertiary/aromatic N) is 1. The van der Waals surface area contributed by atoms with E-state index in [1.54, 1.807) is 20.8 Å². The molecule has 0 radical (unpaired) electrons. The zero-order chi connectivity index (χ0) is 27.9. The van der Waals surface area contributed by atoms with Crippen LogP contribution < -0.4 is 20.7 Å². The number of anilines is 2. The minimum Gasteiger partial charge on any atom is -0.454 e. The minimum atomic E-state index is -0.856. The van der Waals surface area contributed by atoms with Crippen molar-refractivity contribution in [3.05, 3.63) is 77.5 Å². The van der Waals surface area contributed by atoms with E-state index in [4.69, 9.17) is 9.47 Å². The van der Waals surface area contributed by atoms with Crippen LogP contribution in [0.15, 0.2) is 54.7 Å². The van der Waals surface area contributed by atoms with Crippen molar-refractivity contribution in [1.29, 1.82) is 0 Å². The normalized spacial score (nSPS) is 10.9. The SMILES string of the molecule is CCc1c(Oc2ccc(NC(=O)NC(=O)Cc3ccc(F)cc3)cc2F)ccnc1NC(=O)OC(C)(C)C. The van der Waals surface area contributed by atoms with Gasteiger partial charge >= 0.3 is 12.1 Å². The van der Waals surface area contributed by atoms with Crippen LogP contribution in [-0.2, 0) is 22.4 Å². The molecule has 0 bridgehead atoms. The summed E-state index contributed by atoms with van der Waals surface area (Å²) in [5, 5.41) is 7.08. The van der Waals surface area contributed by atoms with Gasteiger partial charge in [-0.3, -0.25) is 15.4 Å². The van der Waals surface area contributed by atoms with E-state index >= 15 is 0 Å². The molecule has 1 heterocycles. The Kier molecular flexibility index (Phi) is 8.95. The maximum absolute atomic E-state index is 14.8. The van der Waals surface area contributed by atoms with Crippen molar-refractivity contribution in [1.82, 2.24) is 10.3 Å². The van der Waals surface area contributed by atoms with Crippen molar-refractivity contribution < 1.29 is 32.6 Å². The Balaban J connectivity index is 1.64. The lowest BCUT2D eigenvalue weighted by molar-refractivity contribution is -0.119. The summed E-state index contributed by atoms with van der Waals surface area (Å²) in [5.41, 5.74) is 0.436. The molecule has 0 unspecified atom stereocenters. The number of carbonyl (C=O) groups is 3. The number of aromatic nitrogens is 1. The molecule has 0 atom stereocenters. The lowest BCUT2D eigenvalue weighted by Crippen LogP contribution is -2.35. The highest BCUT2D eigenvalue weighted by Gasteiger charge is 2.20. The lowest BCUT2D eigenvalue weighted by Gasteiger charge is -2.20. The molecule has 3 N–H and O–H groups in total. The molecule has 38 heavy (non-hydrogen) atoms. The number of urea groups is 1. The van der Waals surface area contributed by atoms with Crippen molar-refractivity contribution in [2.24, 2.45) is 0 Å². The third kappa shape index (κ3) is 8.26. The summed E-state index contributed by atoms with van der Waals surface area (Å²) in [5.74, 6) is -1.46. The van der Waals surface area contributed by atoms with E-state index in [-0.39, 0.29) is 29.4 Å². The van der Waals surface area contributed by atoms with E-state index < -0.39 is 35.3 Å². The molecule has 3 rings (SSSR count). The van der Waals surface area contributed by atoms with E-state index in [1.807, 2.05) is 6.92 Å². The van der Waals surface area contributed by atoms with Crippen molar-refractivity contribution in [3.8, 4) is 11.5 Å². The van der Waals surface area contributed by atoms with Crippen LogP contribution in [-0.4, -0.2) is 28.6 Å². The van der Waals surface area contributed by atoms with Crippen LogP contribution in [0.2, 0.25) is 0 Å². The van der Waals surface area contributed by atoms with Gasteiger partial charge in [-0.05, 0) is 63.1 Å². The Morgan fingerprint density at radius 3 is 2.29 bits per heavy atom. The maximum Gasteiger partial charge on any atom is 0.413 e. The molecule has 0 fully saturated rings. The molecule has 9 nitrogen and oxygen atoms in total. The summed E-state index contributed by atoms with van der Waals surface area (Å²) in [6, 6.07) is 9.71. The quantitative estimate of drug-likeness (QED) is 0.350. The molecule has 2 aromatic carbocycles. The zero-order valence-electron chi connectivity index (χ0n) is 21.4. The van der Waals surface area contributed by atoms with Gasteiger partial charge in [0, 0.05) is 23.5 Å². The van der Waals surface area contributed by atoms with Crippen molar-refractivity contribution in [2.45, 2.75) is 46.1 Å². The van der Waals surface area contributed by atoms with Gasteiger partial charge in [-0.1, -0.05) is 19.1 Å². The summed E-state index contributed by atoms with van der Waals surface area (Å²) >= 11 is 0. The number of ether oxygens (including phenoxy) is 2. The summed E-state index contributed by atoms with van der Waals surface area (Å²) < 4.78 is 38.8. The Morgan fingerprint density at radius 1 is 0.947 bits per heavy atom. The second kappa shape index (κ2) is 12.1. The van der Waals surface area contributed by atoms with E-state index in [9.17, 15) is 23.2 Å². The number of benzene rings is 2.